The molecule has 8 heteroatoms. The third-order valence-electron chi connectivity index (χ3n) is 7.22. The number of rotatable bonds is 16. The highest BCUT2D eigenvalue weighted by atomic mass is 32.1. The molecule has 1 aromatic heterocycles. The van der Waals surface area contributed by atoms with Crippen LogP contribution in [0.4, 0.5) is 0 Å². The fraction of sp³-hybridized carbons (Fsp3) is 0.343. The van der Waals surface area contributed by atoms with E-state index in [4.69, 9.17) is 9.47 Å². The second-order valence-electron chi connectivity index (χ2n) is 10.7. The Morgan fingerprint density at radius 3 is 2.14 bits per heavy atom. The highest BCUT2D eigenvalue weighted by molar-refractivity contribution is 7.09. The summed E-state index contributed by atoms with van der Waals surface area (Å²) in [6.07, 6.45) is 4.80. The summed E-state index contributed by atoms with van der Waals surface area (Å²) in [4.78, 5) is 30.2. The van der Waals surface area contributed by atoms with Crippen LogP contribution in [0, 0.1) is 6.92 Å². The van der Waals surface area contributed by atoms with Crippen LogP contribution in [-0.4, -0.2) is 40.0 Å². The Hall–Kier alpha value is -4.17. The number of carboxylic acids is 1. The Bertz CT molecular complexity index is 1440. The number of carbonyl (C=O) groups excluding carboxylic acids is 1. The summed E-state index contributed by atoms with van der Waals surface area (Å²) in [5, 5.41) is 11.9. The second kappa shape index (κ2) is 15.9. The van der Waals surface area contributed by atoms with E-state index < -0.39 is 18.4 Å². The highest BCUT2D eigenvalue weighted by Crippen LogP contribution is 2.28. The summed E-state index contributed by atoms with van der Waals surface area (Å²) < 4.78 is 11.6. The molecule has 4 rings (SSSR count). The van der Waals surface area contributed by atoms with Crippen LogP contribution in [0.3, 0.4) is 0 Å². The molecule has 0 saturated carbocycles. The summed E-state index contributed by atoms with van der Waals surface area (Å²) in [6, 6.07) is 23.9. The van der Waals surface area contributed by atoms with E-state index in [0.29, 0.717) is 23.3 Å². The Balaban J connectivity index is 1.32. The van der Waals surface area contributed by atoms with Crippen LogP contribution in [-0.2, 0) is 22.7 Å². The molecule has 0 atom stereocenters. The number of thiazole rings is 1. The zero-order chi connectivity index (χ0) is 30.6. The fourth-order valence-corrected chi connectivity index (χ4v) is 5.71. The van der Waals surface area contributed by atoms with Crippen molar-refractivity contribution in [1.29, 1.82) is 0 Å². The van der Waals surface area contributed by atoms with Crippen LogP contribution in [0.15, 0.2) is 78.2 Å². The van der Waals surface area contributed by atoms with E-state index in [-0.39, 0.29) is 13.2 Å². The molecule has 0 radical (unpaired) electrons. The molecule has 0 aliphatic heterocycles. The second-order valence-corrected chi connectivity index (χ2v) is 11.6. The third kappa shape index (κ3) is 9.68. The van der Waals surface area contributed by atoms with Crippen molar-refractivity contribution in [2.75, 3.05) is 13.2 Å². The van der Waals surface area contributed by atoms with Crippen molar-refractivity contribution in [3.8, 4) is 22.8 Å². The van der Waals surface area contributed by atoms with Gasteiger partial charge in [0.1, 0.15) is 29.7 Å². The zero-order valence-electron chi connectivity index (χ0n) is 25.1. The van der Waals surface area contributed by atoms with Crippen molar-refractivity contribution in [3.05, 3.63) is 99.9 Å². The minimum absolute atomic E-state index is 0.0927. The van der Waals surface area contributed by atoms with Gasteiger partial charge in [-0.3, -0.25) is 9.59 Å². The molecule has 0 spiro atoms. The number of aliphatic carboxylic acids is 1. The van der Waals surface area contributed by atoms with Crippen molar-refractivity contribution in [2.45, 2.75) is 65.5 Å². The van der Waals surface area contributed by atoms with Crippen molar-refractivity contribution < 1.29 is 24.2 Å². The van der Waals surface area contributed by atoms with Gasteiger partial charge in [0.25, 0.3) is 5.91 Å². The molecule has 0 saturated heterocycles. The van der Waals surface area contributed by atoms with E-state index in [0.717, 1.165) is 28.1 Å². The molecule has 0 aliphatic rings. The number of carboxylic acid groups (broad SMARTS) is 1. The minimum Gasteiger partial charge on any atom is -0.489 e. The number of hydrogen-bond donors (Lipinski definition) is 1. The summed E-state index contributed by atoms with van der Waals surface area (Å²) in [5.74, 6) is 0.516. The first kappa shape index (κ1) is 31.8. The Kier molecular flexibility index (Phi) is 11.7. The Morgan fingerprint density at radius 1 is 0.884 bits per heavy atom. The maximum absolute atomic E-state index is 12.8. The lowest BCUT2D eigenvalue weighted by Crippen LogP contribution is -2.38. The van der Waals surface area contributed by atoms with Crippen LogP contribution in [0.2, 0.25) is 0 Å². The van der Waals surface area contributed by atoms with Gasteiger partial charge in [-0.1, -0.05) is 80.8 Å². The molecular weight excluding hydrogens is 560 g/mol. The van der Waals surface area contributed by atoms with Gasteiger partial charge in [0, 0.05) is 10.9 Å². The SMILES string of the molecule is CCCC(CCC)c1ccc(OCc2ccc(-c3csc(CN(CC(=O)O)C(=O)COc4ccc(C)cc4)n3)cc2)cc1. The molecule has 4 aromatic rings. The smallest absolute Gasteiger partial charge is 0.323 e. The molecule has 0 bridgehead atoms. The molecule has 0 aliphatic carbocycles. The molecule has 1 heterocycles. The van der Waals surface area contributed by atoms with Crippen LogP contribution in [0.1, 0.15) is 67.1 Å². The highest BCUT2D eigenvalue weighted by Gasteiger charge is 2.20. The van der Waals surface area contributed by atoms with Gasteiger partial charge in [0.05, 0.1) is 12.2 Å². The molecule has 1 amide bonds. The van der Waals surface area contributed by atoms with Gasteiger partial charge in [-0.2, -0.15) is 0 Å². The number of aryl methyl sites for hydroxylation is 1. The van der Waals surface area contributed by atoms with Gasteiger partial charge in [0.15, 0.2) is 6.61 Å². The third-order valence-corrected chi connectivity index (χ3v) is 8.05. The van der Waals surface area contributed by atoms with Crippen LogP contribution >= 0.6 is 11.3 Å². The fourth-order valence-electron chi connectivity index (χ4n) is 4.89. The summed E-state index contributed by atoms with van der Waals surface area (Å²) >= 11 is 1.39. The largest absolute Gasteiger partial charge is 0.489 e. The first-order valence-corrected chi connectivity index (χ1v) is 15.7. The lowest BCUT2D eigenvalue weighted by molar-refractivity contribution is -0.145. The van der Waals surface area contributed by atoms with Crippen molar-refractivity contribution in [2.24, 2.45) is 0 Å². The molecule has 7 nitrogen and oxygen atoms in total. The van der Waals surface area contributed by atoms with Gasteiger partial charge in [-0.15, -0.1) is 11.3 Å². The van der Waals surface area contributed by atoms with Crippen molar-refractivity contribution in [1.82, 2.24) is 9.88 Å². The number of hydrogen-bond acceptors (Lipinski definition) is 6. The van der Waals surface area contributed by atoms with E-state index in [2.05, 4.69) is 43.1 Å². The van der Waals surface area contributed by atoms with Gasteiger partial charge in [-0.05, 0) is 61.1 Å². The molecular formula is C35H40N2O5S. The summed E-state index contributed by atoms with van der Waals surface area (Å²) in [7, 11) is 0. The Labute approximate surface area is 258 Å². The lowest BCUT2D eigenvalue weighted by Gasteiger charge is -2.19. The molecule has 43 heavy (non-hydrogen) atoms. The van der Waals surface area contributed by atoms with E-state index >= 15 is 0 Å². The number of benzene rings is 3. The molecule has 1 N–H and O–H groups in total. The predicted molar refractivity (Wildman–Crippen MR) is 171 cm³/mol. The summed E-state index contributed by atoms with van der Waals surface area (Å²) in [5.41, 5.74) is 5.22. The molecule has 0 unspecified atom stereocenters. The maximum Gasteiger partial charge on any atom is 0.323 e. The van der Waals surface area contributed by atoms with E-state index in [9.17, 15) is 14.7 Å². The van der Waals surface area contributed by atoms with Crippen molar-refractivity contribution >= 4 is 23.2 Å². The number of ether oxygens (including phenoxy) is 2. The maximum atomic E-state index is 12.8. The number of carbonyl (C=O) groups is 2. The molecule has 3 aromatic carbocycles. The average Bonchev–Trinajstić information content (AvgIpc) is 3.48. The number of aromatic nitrogens is 1. The monoisotopic (exact) mass is 600 g/mol. The Morgan fingerprint density at radius 2 is 1.51 bits per heavy atom. The van der Waals surface area contributed by atoms with Gasteiger partial charge >= 0.3 is 5.97 Å². The van der Waals surface area contributed by atoms with Gasteiger partial charge in [-0.25, -0.2) is 4.98 Å². The van der Waals surface area contributed by atoms with Crippen molar-refractivity contribution in [3.63, 3.8) is 0 Å². The molecule has 226 valence electrons. The lowest BCUT2D eigenvalue weighted by atomic mass is 9.90. The number of amides is 1. The zero-order valence-corrected chi connectivity index (χ0v) is 25.9. The van der Waals surface area contributed by atoms with E-state index in [1.165, 1.54) is 47.5 Å². The van der Waals surface area contributed by atoms with Crippen LogP contribution < -0.4 is 9.47 Å². The average molecular weight is 601 g/mol. The van der Waals surface area contributed by atoms with Crippen LogP contribution in [0.25, 0.3) is 11.3 Å². The first-order chi connectivity index (χ1) is 20.8. The predicted octanol–water partition coefficient (Wildman–Crippen LogP) is 7.87. The standard InChI is InChI=1S/C35H40N2O5S/c1-4-6-27(7-5-2)28-14-18-31(19-15-28)41-22-26-10-12-29(13-11-26)32-24-43-33(36-32)20-37(21-35(39)40)34(38)23-42-30-16-8-25(3)9-17-30/h8-19,24,27H,4-7,20-23H2,1-3H3,(H,39,40). The molecule has 0 fully saturated rings. The van der Waals surface area contributed by atoms with Gasteiger partial charge in [0.2, 0.25) is 0 Å². The minimum atomic E-state index is -1.09. The normalized spacial score (nSPS) is 11.0. The summed E-state index contributed by atoms with van der Waals surface area (Å²) in [6.45, 7) is 6.32. The van der Waals surface area contributed by atoms with Crippen LogP contribution in [0.5, 0.6) is 11.5 Å². The topological polar surface area (TPSA) is 89.0 Å². The first-order valence-electron chi connectivity index (χ1n) is 14.8. The van der Waals surface area contributed by atoms with E-state index in [1.807, 2.05) is 48.7 Å². The van der Waals surface area contributed by atoms with E-state index in [1.54, 1.807) is 12.1 Å². The number of nitrogens with zero attached hydrogens (tertiary/aromatic N) is 2. The quantitative estimate of drug-likeness (QED) is 0.141. The van der Waals surface area contributed by atoms with Gasteiger partial charge < -0.3 is 19.5 Å².